The Labute approximate surface area is 134 Å². The maximum atomic E-state index is 5.86. The average molecular weight is 316 g/mol. The minimum absolute atomic E-state index is 0.185. The number of hydrogen-bond donors (Lipinski definition) is 1. The summed E-state index contributed by atoms with van der Waals surface area (Å²) in [6.45, 7) is 2.74. The maximum absolute atomic E-state index is 5.86. The molecule has 0 amide bonds. The first kappa shape index (κ1) is 14.5. The van der Waals surface area contributed by atoms with Crippen molar-refractivity contribution in [2.75, 3.05) is 25.5 Å². The molecule has 4 rings (SSSR count). The topological polar surface area (TPSA) is 103 Å². The van der Waals surface area contributed by atoms with Crippen LogP contribution >= 0.6 is 0 Å². The molecule has 2 saturated heterocycles. The molecule has 1 atom stereocenters. The molecule has 0 saturated carbocycles. The van der Waals surface area contributed by atoms with Crippen molar-refractivity contribution in [2.24, 2.45) is 0 Å². The molecule has 2 aromatic rings. The van der Waals surface area contributed by atoms with Crippen LogP contribution in [0.2, 0.25) is 0 Å². The lowest BCUT2D eigenvalue weighted by Gasteiger charge is -2.33. The molecule has 0 unspecified atom stereocenters. The molecule has 2 aliphatic heterocycles. The summed E-state index contributed by atoms with van der Waals surface area (Å²) < 4.78 is 11.0. The molecular formula is C15H20N6O2. The van der Waals surface area contributed by atoms with Gasteiger partial charge in [-0.1, -0.05) is 5.16 Å². The van der Waals surface area contributed by atoms with Crippen LogP contribution in [-0.2, 0) is 4.74 Å². The second-order valence-corrected chi connectivity index (χ2v) is 6.02. The van der Waals surface area contributed by atoms with Crippen LogP contribution in [-0.4, -0.2) is 50.8 Å². The van der Waals surface area contributed by atoms with Gasteiger partial charge in [-0.3, -0.25) is 4.90 Å². The molecule has 8 nitrogen and oxygen atoms in total. The summed E-state index contributed by atoms with van der Waals surface area (Å²) >= 11 is 0. The Bertz CT molecular complexity index is 669. The van der Waals surface area contributed by atoms with Crippen LogP contribution < -0.4 is 5.73 Å². The molecule has 0 bridgehead atoms. The summed E-state index contributed by atoms with van der Waals surface area (Å²) in [6.07, 6.45) is 7.34. The molecule has 0 spiro atoms. The molecule has 23 heavy (non-hydrogen) atoms. The summed E-state index contributed by atoms with van der Waals surface area (Å²) in [4.78, 5) is 15.0. The van der Waals surface area contributed by atoms with Gasteiger partial charge in [0.25, 0.3) is 0 Å². The van der Waals surface area contributed by atoms with E-state index in [1.54, 1.807) is 6.20 Å². The standard InChI is InChI=1S/C15H20N6O2/c16-13-11(8-17-9-18-13)14-19-15(23-20-14)12-2-1-5-21(12)10-3-6-22-7-4-10/h8-10,12H,1-7H2,(H2,16,17,18)/t12-/m0/s1. The molecule has 0 aromatic carbocycles. The van der Waals surface area contributed by atoms with Crippen molar-refractivity contribution < 1.29 is 9.26 Å². The highest BCUT2D eigenvalue weighted by Crippen LogP contribution is 2.36. The largest absolute Gasteiger partial charge is 0.383 e. The number of nitrogens with two attached hydrogens (primary N) is 1. The van der Waals surface area contributed by atoms with E-state index in [9.17, 15) is 0 Å². The van der Waals surface area contributed by atoms with Gasteiger partial charge in [0.2, 0.25) is 11.7 Å². The Morgan fingerprint density at radius 1 is 1.22 bits per heavy atom. The summed E-state index contributed by atoms with van der Waals surface area (Å²) in [5, 5.41) is 4.07. The maximum Gasteiger partial charge on any atom is 0.244 e. The monoisotopic (exact) mass is 316 g/mol. The molecule has 2 N–H and O–H groups in total. The van der Waals surface area contributed by atoms with Gasteiger partial charge >= 0.3 is 0 Å². The fourth-order valence-corrected chi connectivity index (χ4v) is 3.50. The van der Waals surface area contributed by atoms with E-state index in [1.165, 1.54) is 6.33 Å². The van der Waals surface area contributed by atoms with Crippen LogP contribution in [0.4, 0.5) is 5.82 Å². The minimum atomic E-state index is 0.185. The Morgan fingerprint density at radius 2 is 2.09 bits per heavy atom. The summed E-state index contributed by atoms with van der Waals surface area (Å²) in [7, 11) is 0. The van der Waals surface area contributed by atoms with E-state index in [2.05, 4.69) is 25.0 Å². The highest BCUT2D eigenvalue weighted by Gasteiger charge is 2.36. The number of rotatable bonds is 3. The lowest BCUT2D eigenvalue weighted by Crippen LogP contribution is -2.39. The zero-order valence-corrected chi connectivity index (χ0v) is 12.9. The fraction of sp³-hybridized carbons (Fsp3) is 0.600. The van der Waals surface area contributed by atoms with Gasteiger partial charge in [0.05, 0.1) is 11.6 Å². The third-order valence-corrected chi connectivity index (χ3v) is 4.66. The number of ether oxygens (including phenoxy) is 1. The van der Waals surface area contributed by atoms with Gasteiger partial charge in [-0.15, -0.1) is 0 Å². The number of hydrogen-bond acceptors (Lipinski definition) is 8. The van der Waals surface area contributed by atoms with E-state index in [0.717, 1.165) is 45.4 Å². The zero-order valence-electron chi connectivity index (χ0n) is 12.9. The predicted octanol–water partition coefficient (Wildman–Crippen LogP) is 1.42. The number of likely N-dealkylation sites (tertiary alicyclic amines) is 1. The van der Waals surface area contributed by atoms with Gasteiger partial charge in [0.1, 0.15) is 12.1 Å². The van der Waals surface area contributed by atoms with Crippen molar-refractivity contribution in [1.82, 2.24) is 25.0 Å². The van der Waals surface area contributed by atoms with Crippen molar-refractivity contribution in [3.8, 4) is 11.4 Å². The first-order valence-electron chi connectivity index (χ1n) is 8.06. The highest BCUT2D eigenvalue weighted by molar-refractivity contribution is 5.66. The van der Waals surface area contributed by atoms with Crippen LogP contribution in [0.1, 0.15) is 37.6 Å². The van der Waals surface area contributed by atoms with Crippen molar-refractivity contribution in [1.29, 1.82) is 0 Å². The third kappa shape index (κ3) is 2.79. The second-order valence-electron chi connectivity index (χ2n) is 6.02. The third-order valence-electron chi connectivity index (χ3n) is 4.66. The van der Waals surface area contributed by atoms with Gasteiger partial charge in [-0.25, -0.2) is 9.97 Å². The molecule has 8 heteroatoms. The van der Waals surface area contributed by atoms with E-state index in [-0.39, 0.29) is 6.04 Å². The molecule has 0 radical (unpaired) electrons. The van der Waals surface area contributed by atoms with Gasteiger partial charge in [0.15, 0.2) is 0 Å². The molecule has 2 fully saturated rings. The predicted molar refractivity (Wildman–Crippen MR) is 82.3 cm³/mol. The lowest BCUT2D eigenvalue weighted by atomic mass is 10.1. The molecule has 122 valence electrons. The van der Waals surface area contributed by atoms with Crippen LogP contribution in [0.25, 0.3) is 11.4 Å². The second kappa shape index (κ2) is 6.21. The van der Waals surface area contributed by atoms with E-state index >= 15 is 0 Å². The van der Waals surface area contributed by atoms with Crippen molar-refractivity contribution in [2.45, 2.75) is 37.8 Å². The zero-order chi connectivity index (χ0) is 15.6. The van der Waals surface area contributed by atoms with E-state index in [1.807, 2.05) is 0 Å². The number of nitrogens with zero attached hydrogens (tertiary/aromatic N) is 5. The first-order chi connectivity index (χ1) is 11.3. The Morgan fingerprint density at radius 3 is 2.91 bits per heavy atom. The highest BCUT2D eigenvalue weighted by atomic mass is 16.5. The number of aromatic nitrogens is 4. The minimum Gasteiger partial charge on any atom is -0.383 e. The van der Waals surface area contributed by atoms with Crippen LogP contribution in [0.5, 0.6) is 0 Å². The summed E-state index contributed by atoms with van der Waals surface area (Å²) in [5.41, 5.74) is 6.47. The summed E-state index contributed by atoms with van der Waals surface area (Å²) in [6, 6.07) is 0.724. The Balaban J connectivity index is 1.57. The van der Waals surface area contributed by atoms with Gasteiger partial charge < -0.3 is 15.0 Å². The van der Waals surface area contributed by atoms with Crippen LogP contribution in [0.15, 0.2) is 17.0 Å². The SMILES string of the molecule is Nc1ncncc1-c1noc([C@@H]2CCCN2C2CCOCC2)n1. The first-order valence-corrected chi connectivity index (χ1v) is 8.06. The van der Waals surface area contributed by atoms with Crippen LogP contribution in [0.3, 0.4) is 0 Å². The fourth-order valence-electron chi connectivity index (χ4n) is 3.50. The lowest BCUT2D eigenvalue weighted by molar-refractivity contribution is 0.0243. The van der Waals surface area contributed by atoms with Gasteiger partial charge in [0, 0.05) is 25.5 Å². The smallest absolute Gasteiger partial charge is 0.244 e. The average Bonchev–Trinajstić information content (AvgIpc) is 3.25. The van der Waals surface area contributed by atoms with Crippen molar-refractivity contribution in [3.05, 3.63) is 18.4 Å². The quantitative estimate of drug-likeness (QED) is 0.907. The normalized spacial score (nSPS) is 23.4. The number of anilines is 1. The Hall–Kier alpha value is -2.06. The molecular weight excluding hydrogens is 296 g/mol. The van der Waals surface area contributed by atoms with Crippen LogP contribution in [0, 0.1) is 0 Å². The Kier molecular flexibility index (Phi) is 3.92. The van der Waals surface area contributed by atoms with Gasteiger partial charge in [-0.05, 0) is 32.2 Å². The summed E-state index contributed by atoms with van der Waals surface area (Å²) in [5.74, 6) is 1.48. The molecule has 0 aliphatic carbocycles. The number of nitrogen functional groups attached to an aromatic ring is 1. The van der Waals surface area contributed by atoms with E-state index < -0.39 is 0 Å². The van der Waals surface area contributed by atoms with Gasteiger partial charge in [-0.2, -0.15) is 4.98 Å². The van der Waals surface area contributed by atoms with E-state index in [0.29, 0.717) is 29.1 Å². The molecule has 2 aromatic heterocycles. The molecule has 4 heterocycles. The van der Waals surface area contributed by atoms with E-state index in [4.69, 9.17) is 15.0 Å². The van der Waals surface area contributed by atoms with Crippen molar-refractivity contribution >= 4 is 5.82 Å². The molecule has 2 aliphatic rings. The van der Waals surface area contributed by atoms with Crippen molar-refractivity contribution in [3.63, 3.8) is 0 Å².